The summed E-state index contributed by atoms with van der Waals surface area (Å²) >= 11 is 0. The summed E-state index contributed by atoms with van der Waals surface area (Å²) in [6.45, 7) is 0. The first kappa shape index (κ1) is 24.6. The predicted octanol–water partition coefficient (Wildman–Crippen LogP) is 5.06. The van der Waals surface area contributed by atoms with Crippen molar-refractivity contribution in [2.45, 2.75) is 82.2 Å². The van der Waals surface area contributed by atoms with Crippen LogP contribution in [0.1, 0.15) is 64.2 Å². The van der Waals surface area contributed by atoms with Crippen molar-refractivity contribution in [1.82, 2.24) is 0 Å². The van der Waals surface area contributed by atoms with Gasteiger partial charge < -0.3 is 4.74 Å². The summed E-state index contributed by atoms with van der Waals surface area (Å²) in [7, 11) is -5.76. The molecule has 12 heteroatoms. The molecule has 0 radical (unpaired) electrons. The molecule has 180 valence electrons. The van der Waals surface area contributed by atoms with E-state index < -0.39 is 46.2 Å². The molecular formula is C19H26F6O5S. The number of hydrogen-bond acceptors (Lipinski definition) is 4. The number of alkyl halides is 6. The molecule has 0 aliphatic heterocycles. The number of rotatable bonds is 8. The normalized spacial score (nSPS) is 31.1. The lowest BCUT2D eigenvalue weighted by Crippen LogP contribution is -2.63. The number of halogens is 6. The van der Waals surface area contributed by atoms with Crippen molar-refractivity contribution in [3.8, 4) is 0 Å². The number of carbonyl (C=O) groups excluding carboxylic acids is 1. The largest absolute Gasteiger partial charge is 0.438 e. The van der Waals surface area contributed by atoms with Crippen LogP contribution in [0.2, 0.25) is 0 Å². The smallest absolute Gasteiger partial charge is 0.438 e. The fourth-order valence-electron chi connectivity index (χ4n) is 6.34. The maximum absolute atomic E-state index is 13.2. The molecule has 31 heavy (non-hydrogen) atoms. The van der Waals surface area contributed by atoms with Crippen LogP contribution in [-0.4, -0.2) is 42.6 Å². The van der Waals surface area contributed by atoms with Gasteiger partial charge in [0.2, 0.25) is 0 Å². The molecule has 0 aromatic carbocycles. The van der Waals surface area contributed by atoms with E-state index in [-0.39, 0.29) is 11.8 Å². The highest BCUT2D eigenvalue weighted by Gasteiger charge is 2.75. The van der Waals surface area contributed by atoms with Gasteiger partial charge in [-0.05, 0) is 74.5 Å². The Kier molecular flexibility index (Phi) is 6.41. The maximum atomic E-state index is 13.2. The number of carbonyl (C=O) groups is 1. The number of esters is 1. The SMILES string of the molecule is O=C(CCCCC12CC3CC(CC(C3)C1)C2)OC(CS(=O)(=O)O)(C(F)(F)F)C(F)(F)F. The molecule has 0 atom stereocenters. The van der Waals surface area contributed by atoms with Crippen LogP contribution in [0.3, 0.4) is 0 Å². The van der Waals surface area contributed by atoms with Gasteiger partial charge in [0.1, 0.15) is 5.75 Å². The van der Waals surface area contributed by atoms with E-state index in [0.717, 1.165) is 25.7 Å². The first-order valence-electron chi connectivity index (χ1n) is 10.3. The summed E-state index contributed by atoms with van der Waals surface area (Å²) in [5, 5.41) is 0. The van der Waals surface area contributed by atoms with Crippen LogP contribution < -0.4 is 0 Å². The van der Waals surface area contributed by atoms with Crippen LogP contribution in [0.25, 0.3) is 0 Å². The van der Waals surface area contributed by atoms with E-state index in [1.165, 1.54) is 19.3 Å². The van der Waals surface area contributed by atoms with Gasteiger partial charge in [0.05, 0.1) is 0 Å². The third-order valence-corrected chi connectivity index (χ3v) is 7.86. The van der Waals surface area contributed by atoms with E-state index in [2.05, 4.69) is 4.74 Å². The molecule has 5 nitrogen and oxygen atoms in total. The van der Waals surface area contributed by atoms with Crippen LogP contribution in [0.4, 0.5) is 26.3 Å². The second-order valence-corrected chi connectivity index (χ2v) is 11.1. The van der Waals surface area contributed by atoms with Crippen molar-refractivity contribution in [3.05, 3.63) is 0 Å². The minimum Gasteiger partial charge on any atom is -0.438 e. The van der Waals surface area contributed by atoms with Crippen molar-refractivity contribution in [3.63, 3.8) is 0 Å². The van der Waals surface area contributed by atoms with E-state index in [0.29, 0.717) is 24.2 Å². The van der Waals surface area contributed by atoms with E-state index in [9.17, 15) is 39.6 Å². The lowest BCUT2D eigenvalue weighted by molar-refractivity contribution is -0.361. The van der Waals surface area contributed by atoms with Crippen molar-refractivity contribution in [2.24, 2.45) is 23.2 Å². The summed E-state index contributed by atoms with van der Waals surface area (Å²) in [4.78, 5) is 11.9. The van der Waals surface area contributed by atoms with Gasteiger partial charge in [-0.3, -0.25) is 9.35 Å². The molecule has 0 aromatic rings. The summed E-state index contributed by atoms with van der Waals surface area (Å²) in [6, 6.07) is 0. The molecule has 4 aliphatic rings. The number of ether oxygens (including phenoxy) is 1. The Labute approximate surface area is 176 Å². The van der Waals surface area contributed by atoms with E-state index >= 15 is 0 Å². The van der Waals surface area contributed by atoms with Gasteiger partial charge in [-0.2, -0.15) is 34.8 Å². The average Bonchev–Trinajstić information content (AvgIpc) is 2.53. The molecule has 4 aliphatic carbocycles. The third kappa shape index (κ3) is 5.31. The summed E-state index contributed by atoms with van der Waals surface area (Å²) in [5.74, 6) is -2.57. The summed E-state index contributed by atoms with van der Waals surface area (Å²) in [6.07, 6.45) is -5.04. The Morgan fingerprint density at radius 2 is 1.35 bits per heavy atom. The second kappa shape index (κ2) is 8.07. The zero-order chi connectivity index (χ0) is 23.3. The Morgan fingerprint density at radius 3 is 1.74 bits per heavy atom. The quantitative estimate of drug-likeness (QED) is 0.227. The van der Waals surface area contributed by atoms with Crippen molar-refractivity contribution >= 4 is 16.1 Å². The first-order chi connectivity index (χ1) is 14.0. The van der Waals surface area contributed by atoms with Crippen LogP contribution >= 0.6 is 0 Å². The molecule has 0 unspecified atom stereocenters. The number of hydrogen-bond donors (Lipinski definition) is 1. The monoisotopic (exact) mass is 480 g/mol. The molecule has 4 saturated carbocycles. The van der Waals surface area contributed by atoms with E-state index in [1.54, 1.807) is 0 Å². The molecule has 4 rings (SSSR count). The molecule has 0 spiro atoms. The first-order valence-corrected chi connectivity index (χ1v) is 12.0. The highest BCUT2D eigenvalue weighted by molar-refractivity contribution is 7.85. The van der Waals surface area contributed by atoms with E-state index in [1.807, 2.05) is 0 Å². The Bertz CT molecular complexity index is 739. The molecule has 4 fully saturated rings. The second-order valence-electron chi connectivity index (χ2n) is 9.65. The Balaban J connectivity index is 1.59. The van der Waals surface area contributed by atoms with Crippen LogP contribution in [0.15, 0.2) is 0 Å². The zero-order valence-corrected chi connectivity index (χ0v) is 17.6. The van der Waals surface area contributed by atoms with Gasteiger partial charge in [-0.1, -0.05) is 6.42 Å². The fourth-order valence-corrected chi connectivity index (χ4v) is 7.24. The van der Waals surface area contributed by atoms with Gasteiger partial charge in [0.15, 0.2) is 0 Å². The Morgan fingerprint density at radius 1 is 0.903 bits per heavy atom. The highest BCUT2D eigenvalue weighted by Crippen LogP contribution is 2.61. The summed E-state index contributed by atoms with van der Waals surface area (Å²) in [5.41, 5.74) is -5.16. The van der Waals surface area contributed by atoms with Crippen molar-refractivity contribution in [2.75, 3.05) is 5.75 Å². The fraction of sp³-hybridized carbons (Fsp3) is 0.947. The highest BCUT2D eigenvalue weighted by atomic mass is 32.2. The van der Waals surface area contributed by atoms with Crippen molar-refractivity contribution < 1.29 is 48.8 Å². The standard InChI is InChI=1S/C19H26F6O5S/c20-18(21,22)17(19(23,24)25,11-31(27,28)29)30-15(26)3-1-2-4-16-8-12-5-13(9-16)7-14(6-12)10-16/h12-14H,1-11H2,(H,27,28,29). The Hall–Kier alpha value is -1.04. The van der Waals surface area contributed by atoms with Crippen LogP contribution in [-0.2, 0) is 19.6 Å². The molecule has 0 saturated heterocycles. The molecule has 0 heterocycles. The van der Waals surface area contributed by atoms with Gasteiger partial charge >= 0.3 is 23.9 Å². The minimum absolute atomic E-state index is 0.0399. The molecular weight excluding hydrogens is 454 g/mol. The van der Waals surface area contributed by atoms with Crippen LogP contribution in [0, 0.1) is 23.2 Å². The van der Waals surface area contributed by atoms with Crippen molar-refractivity contribution in [1.29, 1.82) is 0 Å². The van der Waals surface area contributed by atoms with Gasteiger partial charge in [-0.25, -0.2) is 0 Å². The average molecular weight is 480 g/mol. The zero-order valence-electron chi connectivity index (χ0n) is 16.8. The topological polar surface area (TPSA) is 80.7 Å². The minimum atomic E-state index is -6.28. The van der Waals surface area contributed by atoms with Crippen LogP contribution in [0.5, 0.6) is 0 Å². The summed E-state index contributed by atoms with van der Waals surface area (Å²) < 4.78 is 113. The lowest BCUT2D eigenvalue weighted by atomic mass is 9.48. The molecule has 0 aromatic heterocycles. The molecule has 4 bridgehead atoms. The van der Waals surface area contributed by atoms with Gasteiger partial charge in [0.25, 0.3) is 10.1 Å². The van der Waals surface area contributed by atoms with E-state index in [4.69, 9.17) is 4.55 Å². The lowest BCUT2D eigenvalue weighted by Gasteiger charge is -2.57. The van der Waals surface area contributed by atoms with Gasteiger partial charge in [-0.15, -0.1) is 0 Å². The predicted molar refractivity (Wildman–Crippen MR) is 96.4 cm³/mol. The van der Waals surface area contributed by atoms with Gasteiger partial charge in [0, 0.05) is 6.42 Å². The third-order valence-electron chi connectivity index (χ3n) is 7.09. The number of unbranched alkanes of at least 4 members (excludes halogenated alkanes) is 1. The maximum Gasteiger partial charge on any atom is 0.438 e. The molecule has 1 N–H and O–H groups in total. The molecule has 0 amide bonds.